The molecule has 0 bridgehead atoms. The smallest absolute Gasteiger partial charge is 0.227 e. The van der Waals surface area contributed by atoms with Gasteiger partial charge < -0.3 is 15.0 Å². The Morgan fingerprint density at radius 3 is 2.56 bits per heavy atom. The number of ether oxygens (including phenoxy) is 1. The lowest BCUT2D eigenvalue weighted by Crippen LogP contribution is -2.32. The Hall–Kier alpha value is -2.53. The fraction of sp³-hybridized carbons (Fsp3) is 0.333. The van der Waals surface area contributed by atoms with Gasteiger partial charge in [-0.3, -0.25) is 9.59 Å². The molecule has 2 amide bonds. The van der Waals surface area contributed by atoms with Gasteiger partial charge >= 0.3 is 0 Å². The molecule has 2 aromatic rings. The molecule has 1 aliphatic heterocycles. The molecule has 1 aliphatic rings. The van der Waals surface area contributed by atoms with Gasteiger partial charge in [-0.1, -0.05) is 23.7 Å². The van der Waals surface area contributed by atoms with Crippen LogP contribution in [-0.4, -0.2) is 31.5 Å². The van der Waals surface area contributed by atoms with Crippen molar-refractivity contribution < 1.29 is 14.3 Å². The maximum absolute atomic E-state index is 12.3. The maximum Gasteiger partial charge on any atom is 0.227 e. The lowest BCUT2D eigenvalue weighted by Gasteiger charge is -2.17. The normalized spacial score (nSPS) is 16.4. The third kappa shape index (κ3) is 5.23. The Morgan fingerprint density at radius 2 is 1.89 bits per heavy atom. The first-order valence-electron chi connectivity index (χ1n) is 9.09. The van der Waals surface area contributed by atoms with Crippen molar-refractivity contribution >= 4 is 29.1 Å². The zero-order chi connectivity index (χ0) is 19.2. The van der Waals surface area contributed by atoms with Crippen LogP contribution in [0, 0.1) is 5.92 Å². The highest BCUT2D eigenvalue weighted by molar-refractivity contribution is 6.30. The van der Waals surface area contributed by atoms with Crippen LogP contribution in [-0.2, 0) is 16.0 Å². The molecule has 27 heavy (non-hydrogen) atoms. The maximum atomic E-state index is 12.3. The Kier molecular flexibility index (Phi) is 6.35. The molecule has 1 saturated heterocycles. The molecule has 0 spiro atoms. The summed E-state index contributed by atoms with van der Waals surface area (Å²) >= 11 is 5.90. The van der Waals surface area contributed by atoms with Crippen LogP contribution in [0.3, 0.4) is 0 Å². The van der Waals surface area contributed by atoms with Gasteiger partial charge in [-0.2, -0.15) is 0 Å². The minimum atomic E-state index is -0.0449. The summed E-state index contributed by atoms with van der Waals surface area (Å²) in [7, 11) is 0. The van der Waals surface area contributed by atoms with Crippen LogP contribution in [0.15, 0.2) is 48.5 Å². The highest BCUT2D eigenvalue weighted by atomic mass is 35.5. The van der Waals surface area contributed by atoms with E-state index in [1.807, 2.05) is 43.3 Å². The van der Waals surface area contributed by atoms with E-state index in [0.29, 0.717) is 37.6 Å². The van der Waals surface area contributed by atoms with E-state index in [4.69, 9.17) is 16.3 Å². The van der Waals surface area contributed by atoms with Crippen LogP contribution in [0.5, 0.6) is 5.75 Å². The Bertz CT molecular complexity index is 790. The van der Waals surface area contributed by atoms with E-state index >= 15 is 0 Å². The summed E-state index contributed by atoms with van der Waals surface area (Å²) in [5.74, 6) is 0.936. The number of benzene rings is 2. The molecule has 1 unspecified atom stereocenters. The molecule has 142 valence electrons. The second-order valence-electron chi connectivity index (χ2n) is 6.61. The summed E-state index contributed by atoms with van der Waals surface area (Å²) in [6.07, 6.45) is 0.750. The van der Waals surface area contributed by atoms with Crippen molar-refractivity contribution in [1.29, 1.82) is 0 Å². The number of rotatable bonds is 7. The standard InChI is InChI=1S/C21H23ClN2O3/c1-2-27-19-9-3-15(4-10-19)11-20(25)23-13-16-12-21(26)24(14-16)18-7-5-17(22)6-8-18/h3-10,16H,2,11-14H2,1H3,(H,23,25). The summed E-state index contributed by atoms with van der Waals surface area (Å²) < 4.78 is 5.40. The largest absolute Gasteiger partial charge is 0.494 e. The van der Waals surface area contributed by atoms with Crippen molar-refractivity contribution in [2.24, 2.45) is 5.92 Å². The van der Waals surface area contributed by atoms with Crippen LogP contribution < -0.4 is 15.0 Å². The lowest BCUT2D eigenvalue weighted by molar-refractivity contribution is -0.121. The zero-order valence-corrected chi connectivity index (χ0v) is 16.0. The number of hydrogen-bond acceptors (Lipinski definition) is 3. The lowest BCUT2D eigenvalue weighted by atomic mass is 10.1. The highest BCUT2D eigenvalue weighted by Crippen LogP contribution is 2.26. The van der Waals surface area contributed by atoms with Gasteiger partial charge in [0.1, 0.15) is 5.75 Å². The summed E-state index contributed by atoms with van der Waals surface area (Å²) in [6, 6.07) is 14.8. The molecule has 1 heterocycles. The van der Waals surface area contributed by atoms with Gasteiger partial charge in [-0.05, 0) is 48.9 Å². The molecule has 5 nitrogen and oxygen atoms in total. The van der Waals surface area contributed by atoms with Gasteiger partial charge in [0.25, 0.3) is 0 Å². The van der Waals surface area contributed by atoms with E-state index in [0.717, 1.165) is 17.0 Å². The predicted molar refractivity (Wildman–Crippen MR) is 106 cm³/mol. The van der Waals surface area contributed by atoms with Gasteiger partial charge in [0.05, 0.1) is 13.0 Å². The minimum absolute atomic E-state index is 0.0449. The van der Waals surface area contributed by atoms with Crippen molar-refractivity contribution in [1.82, 2.24) is 5.32 Å². The number of anilines is 1. The number of amides is 2. The van der Waals surface area contributed by atoms with E-state index in [-0.39, 0.29) is 17.7 Å². The number of carbonyl (C=O) groups excluding carboxylic acids is 2. The summed E-state index contributed by atoms with van der Waals surface area (Å²) in [4.78, 5) is 26.2. The van der Waals surface area contributed by atoms with Gasteiger partial charge in [-0.25, -0.2) is 0 Å². The molecule has 1 atom stereocenters. The van der Waals surface area contributed by atoms with E-state index in [1.165, 1.54) is 0 Å². The quantitative estimate of drug-likeness (QED) is 0.792. The average molecular weight is 387 g/mol. The highest BCUT2D eigenvalue weighted by Gasteiger charge is 2.30. The molecule has 6 heteroatoms. The van der Waals surface area contributed by atoms with Crippen LogP contribution in [0.4, 0.5) is 5.69 Å². The Balaban J connectivity index is 1.47. The third-order valence-corrected chi connectivity index (χ3v) is 4.78. The molecule has 1 N–H and O–H groups in total. The summed E-state index contributed by atoms with van der Waals surface area (Å²) in [5, 5.41) is 3.59. The summed E-state index contributed by atoms with van der Waals surface area (Å²) in [5.41, 5.74) is 1.77. The first-order valence-corrected chi connectivity index (χ1v) is 9.47. The molecule has 1 fully saturated rings. The van der Waals surface area contributed by atoms with Gasteiger partial charge in [0, 0.05) is 36.1 Å². The van der Waals surface area contributed by atoms with Gasteiger partial charge in [0.15, 0.2) is 0 Å². The molecule has 0 aromatic heterocycles. The van der Waals surface area contributed by atoms with Crippen LogP contribution in [0.1, 0.15) is 18.9 Å². The molecule has 0 saturated carbocycles. The van der Waals surface area contributed by atoms with Crippen molar-refractivity contribution in [3.05, 3.63) is 59.1 Å². The fourth-order valence-corrected chi connectivity index (χ4v) is 3.29. The number of nitrogens with one attached hydrogen (secondary N) is 1. The first-order chi connectivity index (χ1) is 13.0. The van der Waals surface area contributed by atoms with E-state index in [2.05, 4.69) is 5.32 Å². The van der Waals surface area contributed by atoms with Crippen molar-refractivity contribution in [2.45, 2.75) is 19.8 Å². The summed E-state index contributed by atoms with van der Waals surface area (Å²) in [6.45, 7) is 3.64. The molecule has 0 radical (unpaired) electrons. The van der Waals surface area contributed by atoms with Crippen LogP contribution >= 0.6 is 11.6 Å². The molecule has 3 rings (SSSR count). The van der Waals surface area contributed by atoms with Crippen molar-refractivity contribution in [2.75, 3.05) is 24.6 Å². The molecule has 0 aliphatic carbocycles. The zero-order valence-electron chi connectivity index (χ0n) is 15.3. The number of halogens is 1. The third-order valence-electron chi connectivity index (χ3n) is 4.53. The number of nitrogens with zero attached hydrogens (tertiary/aromatic N) is 1. The molecular weight excluding hydrogens is 364 g/mol. The Morgan fingerprint density at radius 1 is 1.19 bits per heavy atom. The van der Waals surface area contributed by atoms with Crippen molar-refractivity contribution in [3.63, 3.8) is 0 Å². The Labute approximate surface area is 164 Å². The number of hydrogen-bond donors (Lipinski definition) is 1. The molecular formula is C21H23ClN2O3. The topological polar surface area (TPSA) is 58.6 Å². The fourth-order valence-electron chi connectivity index (χ4n) is 3.17. The minimum Gasteiger partial charge on any atom is -0.494 e. The van der Waals surface area contributed by atoms with E-state index in [9.17, 15) is 9.59 Å². The van der Waals surface area contributed by atoms with Crippen LogP contribution in [0.25, 0.3) is 0 Å². The number of carbonyl (C=O) groups is 2. The predicted octanol–water partition coefficient (Wildman–Crippen LogP) is 3.45. The first kappa shape index (κ1) is 19.2. The van der Waals surface area contributed by atoms with E-state index in [1.54, 1.807) is 17.0 Å². The van der Waals surface area contributed by atoms with Crippen molar-refractivity contribution in [3.8, 4) is 5.75 Å². The molecule has 2 aromatic carbocycles. The second-order valence-corrected chi connectivity index (χ2v) is 7.05. The average Bonchev–Trinajstić information content (AvgIpc) is 3.03. The SMILES string of the molecule is CCOc1ccc(CC(=O)NCC2CC(=O)N(c3ccc(Cl)cc3)C2)cc1. The monoisotopic (exact) mass is 386 g/mol. The van der Waals surface area contributed by atoms with Crippen LogP contribution in [0.2, 0.25) is 5.02 Å². The van der Waals surface area contributed by atoms with E-state index < -0.39 is 0 Å². The van der Waals surface area contributed by atoms with Gasteiger partial charge in [0.2, 0.25) is 11.8 Å². The second kappa shape index (κ2) is 8.91. The van der Waals surface area contributed by atoms with Gasteiger partial charge in [-0.15, -0.1) is 0 Å².